The summed E-state index contributed by atoms with van der Waals surface area (Å²) in [5, 5.41) is 4.16. The van der Waals surface area contributed by atoms with Crippen LogP contribution in [-0.2, 0) is 0 Å². The normalized spacial score (nSPS) is 16.7. The van der Waals surface area contributed by atoms with Crippen LogP contribution < -0.4 is 5.32 Å². The fourth-order valence-corrected chi connectivity index (χ4v) is 4.77. The maximum atomic E-state index is 13.1. The Morgan fingerprint density at radius 1 is 1.15 bits per heavy atom. The Labute approximate surface area is 171 Å². The van der Waals surface area contributed by atoms with E-state index in [1.807, 2.05) is 18.2 Å². The molecule has 1 fully saturated rings. The van der Waals surface area contributed by atoms with Crippen LogP contribution in [0.15, 0.2) is 60.7 Å². The lowest BCUT2D eigenvalue weighted by molar-refractivity contribution is 0.0895. The molecule has 1 amide bonds. The fourth-order valence-electron chi connectivity index (χ4n) is 4.27. The van der Waals surface area contributed by atoms with Crippen LogP contribution in [0, 0.1) is 5.41 Å². The molecule has 2 nitrogen and oxygen atoms in total. The third-order valence-corrected chi connectivity index (χ3v) is 6.31. The Morgan fingerprint density at radius 2 is 1.81 bits per heavy atom. The van der Waals surface area contributed by atoms with Crippen molar-refractivity contribution in [1.82, 2.24) is 5.32 Å². The van der Waals surface area contributed by atoms with Crippen LogP contribution >= 0.6 is 23.2 Å². The molecule has 1 aliphatic carbocycles. The Balaban J connectivity index is 2.00. The van der Waals surface area contributed by atoms with Crippen molar-refractivity contribution < 1.29 is 4.79 Å². The number of hydrogen-bond donors (Lipinski definition) is 1. The van der Waals surface area contributed by atoms with E-state index in [0.717, 1.165) is 37.7 Å². The zero-order valence-electron chi connectivity index (χ0n) is 15.6. The molecule has 2 aromatic rings. The number of carbonyl (C=O) groups excluding carboxylic acids is 1. The minimum Gasteiger partial charge on any atom is -0.344 e. The maximum Gasteiger partial charge on any atom is 0.253 e. The largest absolute Gasteiger partial charge is 0.344 e. The number of nitrogens with one attached hydrogen (secondary N) is 1. The van der Waals surface area contributed by atoms with E-state index in [-0.39, 0.29) is 17.4 Å². The predicted octanol–water partition coefficient (Wildman–Crippen LogP) is 6.99. The van der Waals surface area contributed by atoms with E-state index >= 15 is 0 Å². The highest BCUT2D eigenvalue weighted by Gasteiger charge is 2.44. The van der Waals surface area contributed by atoms with Gasteiger partial charge in [-0.2, -0.15) is 0 Å². The smallest absolute Gasteiger partial charge is 0.253 e. The maximum absolute atomic E-state index is 13.1. The van der Waals surface area contributed by atoms with Crippen molar-refractivity contribution in [3.05, 3.63) is 81.9 Å². The van der Waals surface area contributed by atoms with Crippen LogP contribution in [0.4, 0.5) is 0 Å². The van der Waals surface area contributed by atoms with Crippen molar-refractivity contribution in [3.8, 4) is 0 Å². The molecule has 0 aliphatic heterocycles. The van der Waals surface area contributed by atoms with Crippen molar-refractivity contribution in [2.45, 2.75) is 45.1 Å². The highest BCUT2D eigenvalue weighted by molar-refractivity contribution is 6.36. The van der Waals surface area contributed by atoms with Gasteiger partial charge < -0.3 is 5.32 Å². The molecule has 1 N–H and O–H groups in total. The molecule has 1 saturated carbocycles. The molecule has 142 valence electrons. The van der Waals surface area contributed by atoms with Crippen LogP contribution in [-0.4, -0.2) is 5.91 Å². The van der Waals surface area contributed by atoms with Crippen LogP contribution in [0.25, 0.3) is 0 Å². The second-order valence-electron chi connectivity index (χ2n) is 7.26. The van der Waals surface area contributed by atoms with Gasteiger partial charge >= 0.3 is 0 Å². The Bertz CT molecular complexity index is 826. The highest BCUT2D eigenvalue weighted by Crippen LogP contribution is 2.53. The van der Waals surface area contributed by atoms with Crippen LogP contribution in [0.1, 0.15) is 61.0 Å². The van der Waals surface area contributed by atoms with E-state index < -0.39 is 0 Å². The Hall–Kier alpha value is -1.77. The topological polar surface area (TPSA) is 29.1 Å². The van der Waals surface area contributed by atoms with Crippen molar-refractivity contribution in [1.29, 1.82) is 0 Å². The lowest BCUT2D eigenvalue weighted by Gasteiger charge is -2.40. The van der Waals surface area contributed by atoms with Crippen molar-refractivity contribution in [2.75, 3.05) is 0 Å². The zero-order valence-corrected chi connectivity index (χ0v) is 17.1. The van der Waals surface area contributed by atoms with Gasteiger partial charge in [-0.3, -0.25) is 4.79 Å². The average Bonchev–Trinajstić information content (AvgIpc) is 3.16. The first-order valence-corrected chi connectivity index (χ1v) is 10.2. The number of benzene rings is 2. The summed E-state index contributed by atoms with van der Waals surface area (Å²) in [4.78, 5) is 13.1. The van der Waals surface area contributed by atoms with Gasteiger partial charge in [-0.05, 0) is 43.0 Å². The Kier molecular flexibility index (Phi) is 6.29. The summed E-state index contributed by atoms with van der Waals surface area (Å²) >= 11 is 12.3. The molecule has 3 rings (SSSR count). The standard InChI is InChI=1S/C23H25Cl2NO/c1-3-16(2)23(13-7-8-14-23)21(17-9-5-4-6-10-17)26-22(27)19-12-11-18(24)15-20(19)25/h4-6,9-12,15,21H,2-3,7-8,13-14H2,1H3,(H,26,27). The molecule has 0 bridgehead atoms. The number of hydrogen-bond acceptors (Lipinski definition) is 1. The zero-order chi connectivity index (χ0) is 19.4. The quantitative estimate of drug-likeness (QED) is 0.518. The van der Waals surface area contributed by atoms with Gasteiger partial charge in [0.05, 0.1) is 16.6 Å². The molecule has 2 aromatic carbocycles. The van der Waals surface area contributed by atoms with Crippen LogP contribution in [0.3, 0.4) is 0 Å². The molecule has 0 heterocycles. The lowest BCUT2D eigenvalue weighted by atomic mass is 9.69. The first-order valence-electron chi connectivity index (χ1n) is 9.47. The SMILES string of the molecule is C=C(CC)C1(C(NC(=O)c2ccc(Cl)cc2Cl)c2ccccc2)CCCC1. The summed E-state index contributed by atoms with van der Waals surface area (Å²) in [5.74, 6) is -0.180. The number of amides is 1. The van der Waals surface area contributed by atoms with E-state index in [1.54, 1.807) is 18.2 Å². The monoisotopic (exact) mass is 401 g/mol. The lowest BCUT2D eigenvalue weighted by Crippen LogP contribution is -2.41. The summed E-state index contributed by atoms with van der Waals surface area (Å²) in [5.41, 5.74) is 2.63. The second-order valence-corrected chi connectivity index (χ2v) is 8.11. The first kappa shape index (κ1) is 20.0. The van der Waals surface area contributed by atoms with Gasteiger partial charge in [0.1, 0.15) is 0 Å². The fraction of sp³-hybridized carbons (Fsp3) is 0.348. The van der Waals surface area contributed by atoms with Crippen molar-refractivity contribution in [3.63, 3.8) is 0 Å². The van der Waals surface area contributed by atoms with E-state index in [1.165, 1.54) is 5.57 Å². The molecular weight excluding hydrogens is 377 g/mol. The Morgan fingerprint density at radius 3 is 2.41 bits per heavy atom. The molecule has 1 atom stereocenters. The van der Waals surface area contributed by atoms with Gasteiger partial charge in [0.15, 0.2) is 0 Å². The predicted molar refractivity (Wildman–Crippen MR) is 113 cm³/mol. The molecule has 0 radical (unpaired) electrons. The molecule has 1 aliphatic rings. The molecule has 0 spiro atoms. The van der Waals surface area contributed by atoms with Gasteiger partial charge in [-0.15, -0.1) is 0 Å². The van der Waals surface area contributed by atoms with Gasteiger partial charge in [0.2, 0.25) is 0 Å². The highest BCUT2D eigenvalue weighted by atomic mass is 35.5. The summed E-state index contributed by atoms with van der Waals surface area (Å²) in [6.45, 7) is 6.53. The molecular formula is C23H25Cl2NO. The third-order valence-electron chi connectivity index (χ3n) is 5.76. The summed E-state index contributed by atoms with van der Waals surface area (Å²) < 4.78 is 0. The first-order chi connectivity index (χ1) is 13.0. The van der Waals surface area contributed by atoms with Gasteiger partial charge in [-0.25, -0.2) is 0 Å². The summed E-state index contributed by atoms with van der Waals surface area (Å²) in [6, 6.07) is 15.0. The van der Waals surface area contributed by atoms with E-state index in [4.69, 9.17) is 23.2 Å². The van der Waals surface area contributed by atoms with Crippen molar-refractivity contribution in [2.24, 2.45) is 5.41 Å². The van der Waals surface area contributed by atoms with Crippen LogP contribution in [0.5, 0.6) is 0 Å². The second kappa shape index (κ2) is 8.50. The van der Waals surface area contributed by atoms with Crippen LogP contribution in [0.2, 0.25) is 10.0 Å². The van der Waals surface area contributed by atoms with Gasteiger partial charge in [-0.1, -0.05) is 85.5 Å². The van der Waals surface area contributed by atoms with Crippen molar-refractivity contribution >= 4 is 29.1 Å². The molecule has 1 unspecified atom stereocenters. The van der Waals surface area contributed by atoms with E-state index in [0.29, 0.717) is 15.6 Å². The number of halogens is 2. The molecule has 4 heteroatoms. The number of carbonyl (C=O) groups is 1. The van der Waals surface area contributed by atoms with Gasteiger partial charge in [0.25, 0.3) is 5.91 Å². The van der Waals surface area contributed by atoms with E-state index in [9.17, 15) is 4.79 Å². The van der Waals surface area contributed by atoms with E-state index in [2.05, 4.69) is 31.0 Å². The summed E-state index contributed by atoms with van der Waals surface area (Å²) in [7, 11) is 0. The average molecular weight is 402 g/mol. The third kappa shape index (κ3) is 4.07. The molecule has 0 aromatic heterocycles. The minimum atomic E-state index is -0.180. The molecule has 27 heavy (non-hydrogen) atoms. The summed E-state index contributed by atoms with van der Waals surface area (Å²) in [6.07, 6.45) is 5.28. The minimum absolute atomic E-state index is 0.120. The molecule has 0 saturated heterocycles. The number of rotatable bonds is 6. The van der Waals surface area contributed by atoms with Gasteiger partial charge in [0, 0.05) is 10.4 Å².